The van der Waals surface area contributed by atoms with E-state index in [-0.39, 0.29) is 5.60 Å². The summed E-state index contributed by atoms with van der Waals surface area (Å²) < 4.78 is 5.43. The molecule has 2 aromatic rings. The highest BCUT2D eigenvalue weighted by atomic mass is 32.1. The molecule has 0 amide bonds. The van der Waals surface area contributed by atoms with Gasteiger partial charge < -0.3 is 15.4 Å². The Morgan fingerprint density at radius 2 is 2.00 bits per heavy atom. The van der Waals surface area contributed by atoms with Crippen LogP contribution in [-0.2, 0) is 11.3 Å². The maximum absolute atomic E-state index is 5.43. The first-order chi connectivity index (χ1) is 11.5. The van der Waals surface area contributed by atoms with E-state index >= 15 is 0 Å². The van der Waals surface area contributed by atoms with Gasteiger partial charge in [-0.1, -0.05) is 30.3 Å². The number of hydrogen-bond donors (Lipinski definition) is 2. The lowest BCUT2D eigenvalue weighted by atomic mass is 10.1. The molecule has 130 valence electrons. The second kappa shape index (κ2) is 8.80. The van der Waals surface area contributed by atoms with Gasteiger partial charge in [0.15, 0.2) is 5.96 Å². The highest BCUT2D eigenvalue weighted by Crippen LogP contribution is 2.21. The fraction of sp³-hybridized carbons (Fsp3) is 0.444. The molecule has 6 heteroatoms. The molecule has 5 nitrogen and oxygen atoms in total. The molecule has 0 saturated carbocycles. The number of aliphatic imine (C=N–C) groups is 1. The standard InChI is InChI=1S/C18H26N4OS/c1-5-19-17(21-13-18(2,3)23-4)20-11-16-22-15(12-24-16)14-9-7-6-8-10-14/h6-10,12H,5,11,13H2,1-4H3,(H2,19,20,21). The molecular weight excluding hydrogens is 320 g/mol. The predicted octanol–water partition coefficient (Wildman–Crippen LogP) is 3.29. The first kappa shape index (κ1) is 18.4. The molecule has 1 heterocycles. The Morgan fingerprint density at radius 3 is 2.67 bits per heavy atom. The summed E-state index contributed by atoms with van der Waals surface area (Å²) in [5.41, 5.74) is 1.90. The second-order valence-corrected chi connectivity index (χ2v) is 6.95. The van der Waals surface area contributed by atoms with Crippen LogP contribution in [-0.4, -0.2) is 36.7 Å². The van der Waals surface area contributed by atoms with Crippen LogP contribution in [0.1, 0.15) is 25.8 Å². The van der Waals surface area contributed by atoms with E-state index in [0.717, 1.165) is 28.8 Å². The molecule has 0 aliphatic heterocycles. The third-order valence-electron chi connectivity index (χ3n) is 3.57. The van der Waals surface area contributed by atoms with Gasteiger partial charge in [0.1, 0.15) is 5.01 Å². The van der Waals surface area contributed by atoms with Gasteiger partial charge in [-0.15, -0.1) is 11.3 Å². The summed E-state index contributed by atoms with van der Waals surface area (Å²) in [6.07, 6.45) is 0. The summed E-state index contributed by atoms with van der Waals surface area (Å²) in [6, 6.07) is 10.2. The normalized spacial score (nSPS) is 12.2. The van der Waals surface area contributed by atoms with Crippen LogP contribution in [0.4, 0.5) is 0 Å². The van der Waals surface area contributed by atoms with Gasteiger partial charge in [-0.2, -0.15) is 0 Å². The van der Waals surface area contributed by atoms with Gasteiger partial charge in [0, 0.05) is 31.1 Å². The number of nitrogens with one attached hydrogen (secondary N) is 2. The Balaban J connectivity index is 2.00. The number of aromatic nitrogens is 1. The maximum atomic E-state index is 5.43. The highest BCUT2D eigenvalue weighted by molar-refractivity contribution is 7.09. The van der Waals surface area contributed by atoms with Crippen LogP contribution in [0.2, 0.25) is 0 Å². The highest BCUT2D eigenvalue weighted by Gasteiger charge is 2.16. The van der Waals surface area contributed by atoms with E-state index in [2.05, 4.69) is 45.0 Å². The molecular formula is C18H26N4OS. The molecule has 1 aromatic heterocycles. The maximum Gasteiger partial charge on any atom is 0.191 e. The van der Waals surface area contributed by atoms with Gasteiger partial charge in [0.05, 0.1) is 17.8 Å². The first-order valence-corrected chi connectivity index (χ1v) is 8.99. The third kappa shape index (κ3) is 5.62. The first-order valence-electron chi connectivity index (χ1n) is 8.11. The van der Waals surface area contributed by atoms with Crippen LogP contribution >= 0.6 is 11.3 Å². The number of rotatable bonds is 7. The molecule has 2 rings (SSSR count). The van der Waals surface area contributed by atoms with Gasteiger partial charge in [-0.3, -0.25) is 0 Å². The second-order valence-electron chi connectivity index (χ2n) is 6.01. The summed E-state index contributed by atoms with van der Waals surface area (Å²) in [5.74, 6) is 0.777. The Kier molecular flexibility index (Phi) is 6.75. The molecule has 0 aliphatic rings. The van der Waals surface area contributed by atoms with Gasteiger partial charge >= 0.3 is 0 Å². The van der Waals surface area contributed by atoms with E-state index in [1.165, 1.54) is 0 Å². The predicted molar refractivity (Wildman–Crippen MR) is 101 cm³/mol. The average molecular weight is 347 g/mol. The fourth-order valence-electron chi connectivity index (χ4n) is 1.98. The van der Waals surface area contributed by atoms with Crippen molar-refractivity contribution < 1.29 is 4.74 Å². The van der Waals surface area contributed by atoms with Crippen molar-refractivity contribution >= 4 is 17.3 Å². The van der Waals surface area contributed by atoms with E-state index in [9.17, 15) is 0 Å². The molecule has 24 heavy (non-hydrogen) atoms. The van der Waals surface area contributed by atoms with Crippen molar-refractivity contribution in [3.05, 3.63) is 40.7 Å². The molecule has 0 radical (unpaired) electrons. The monoisotopic (exact) mass is 346 g/mol. The largest absolute Gasteiger partial charge is 0.377 e. The Bertz CT molecular complexity index is 652. The molecule has 0 spiro atoms. The zero-order valence-corrected chi connectivity index (χ0v) is 15.6. The van der Waals surface area contributed by atoms with Crippen LogP contribution in [0.25, 0.3) is 11.3 Å². The summed E-state index contributed by atoms with van der Waals surface area (Å²) in [4.78, 5) is 9.28. The Hall–Kier alpha value is -1.92. The van der Waals surface area contributed by atoms with E-state index in [4.69, 9.17) is 4.74 Å². The molecule has 0 unspecified atom stereocenters. The van der Waals surface area contributed by atoms with Crippen LogP contribution in [0.5, 0.6) is 0 Å². The minimum absolute atomic E-state index is 0.238. The lowest BCUT2D eigenvalue weighted by Crippen LogP contribution is -2.45. The van der Waals surface area contributed by atoms with Crippen molar-refractivity contribution in [2.45, 2.75) is 32.9 Å². The van der Waals surface area contributed by atoms with Gasteiger partial charge in [-0.05, 0) is 20.8 Å². The molecule has 0 atom stereocenters. The van der Waals surface area contributed by atoms with Crippen molar-refractivity contribution in [1.82, 2.24) is 15.6 Å². The van der Waals surface area contributed by atoms with Crippen LogP contribution < -0.4 is 10.6 Å². The van der Waals surface area contributed by atoms with Crippen molar-refractivity contribution in [1.29, 1.82) is 0 Å². The summed E-state index contributed by atoms with van der Waals surface area (Å²) in [7, 11) is 1.71. The number of ether oxygens (including phenoxy) is 1. The third-order valence-corrected chi connectivity index (χ3v) is 4.41. The van der Waals surface area contributed by atoms with Crippen molar-refractivity contribution in [2.75, 3.05) is 20.2 Å². The minimum Gasteiger partial charge on any atom is -0.377 e. The lowest BCUT2D eigenvalue weighted by molar-refractivity contribution is 0.0268. The quantitative estimate of drug-likeness (QED) is 0.597. The average Bonchev–Trinajstić information content (AvgIpc) is 3.07. The van der Waals surface area contributed by atoms with Crippen molar-refractivity contribution in [2.24, 2.45) is 4.99 Å². The minimum atomic E-state index is -0.238. The van der Waals surface area contributed by atoms with E-state index < -0.39 is 0 Å². The molecule has 0 bridgehead atoms. The van der Waals surface area contributed by atoms with Crippen molar-refractivity contribution in [3.63, 3.8) is 0 Å². The lowest BCUT2D eigenvalue weighted by Gasteiger charge is -2.24. The Labute approximate surface area is 148 Å². The summed E-state index contributed by atoms with van der Waals surface area (Å²) in [5, 5.41) is 9.63. The van der Waals surface area contributed by atoms with E-state index in [0.29, 0.717) is 13.1 Å². The SMILES string of the molecule is CCNC(=NCc1nc(-c2ccccc2)cs1)NCC(C)(C)OC. The number of hydrogen-bond acceptors (Lipinski definition) is 4. The van der Waals surface area contributed by atoms with Crippen LogP contribution in [0, 0.1) is 0 Å². The number of guanidine groups is 1. The molecule has 1 aromatic carbocycles. The molecule has 0 fully saturated rings. The zero-order valence-electron chi connectivity index (χ0n) is 14.8. The summed E-state index contributed by atoms with van der Waals surface area (Å²) in [6.45, 7) is 8.18. The topological polar surface area (TPSA) is 58.5 Å². The number of benzene rings is 1. The van der Waals surface area contributed by atoms with E-state index in [1.54, 1.807) is 18.4 Å². The molecule has 2 N–H and O–H groups in total. The fourth-order valence-corrected chi connectivity index (χ4v) is 2.71. The molecule has 0 saturated heterocycles. The smallest absolute Gasteiger partial charge is 0.191 e. The summed E-state index contributed by atoms with van der Waals surface area (Å²) >= 11 is 1.63. The van der Waals surface area contributed by atoms with Gasteiger partial charge in [0.25, 0.3) is 0 Å². The molecule has 0 aliphatic carbocycles. The van der Waals surface area contributed by atoms with Crippen LogP contribution in [0.15, 0.2) is 40.7 Å². The number of nitrogens with zero attached hydrogens (tertiary/aromatic N) is 2. The number of methoxy groups -OCH3 is 1. The Morgan fingerprint density at radius 1 is 1.25 bits per heavy atom. The van der Waals surface area contributed by atoms with Crippen LogP contribution in [0.3, 0.4) is 0 Å². The van der Waals surface area contributed by atoms with Gasteiger partial charge in [-0.25, -0.2) is 9.98 Å². The van der Waals surface area contributed by atoms with E-state index in [1.807, 2.05) is 32.0 Å². The zero-order chi connectivity index (χ0) is 17.4. The van der Waals surface area contributed by atoms with Crippen molar-refractivity contribution in [3.8, 4) is 11.3 Å². The van der Waals surface area contributed by atoms with Gasteiger partial charge in [0.2, 0.25) is 0 Å². The number of thiazole rings is 1.